The maximum absolute atomic E-state index is 13.4. The van der Waals surface area contributed by atoms with Crippen LogP contribution in [0.25, 0.3) is 0 Å². The summed E-state index contributed by atoms with van der Waals surface area (Å²) in [5.74, 6) is -0.551. The Morgan fingerprint density at radius 2 is 2.00 bits per heavy atom. The first kappa shape index (κ1) is 13.6. The van der Waals surface area contributed by atoms with Crippen LogP contribution in [0, 0.1) is 5.82 Å². The summed E-state index contributed by atoms with van der Waals surface area (Å²) in [6.45, 7) is 6.32. The maximum Gasteiger partial charge on any atom is 0.165 e. The number of aldehydes is 1. The van der Waals surface area contributed by atoms with Gasteiger partial charge < -0.3 is 9.47 Å². The lowest BCUT2D eigenvalue weighted by molar-refractivity contribution is -0.0167. The van der Waals surface area contributed by atoms with Crippen LogP contribution in [0.1, 0.15) is 31.1 Å². The summed E-state index contributed by atoms with van der Waals surface area (Å²) < 4.78 is 24.0. The Kier molecular flexibility index (Phi) is 4.63. The lowest BCUT2D eigenvalue weighted by Gasteiger charge is -2.19. The summed E-state index contributed by atoms with van der Waals surface area (Å²) in [5, 5.41) is 0. The van der Waals surface area contributed by atoms with Crippen molar-refractivity contribution in [3.63, 3.8) is 0 Å². The third kappa shape index (κ3) is 4.53. The Morgan fingerprint density at radius 3 is 2.59 bits per heavy atom. The van der Waals surface area contributed by atoms with Gasteiger partial charge in [0.1, 0.15) is 6.61 Å². The molecular formula is C13H17FO3. The van der Waals surface area contributed by atoms with E-state index in [-0.39, 0.29) is 23.5 Å². The molecule has 0 spiro atoms. The monoisotopic (exact) mass is 240 g/mol. The maximum atomic E-state index is 13.4. The fraction of sp³-hybridized carbons (Fsp3) is 0.462. The largest absolute Gasteiger partial charge is 0.487 e. The van der Waals surface area contributed by atoms with Gasteiger partial charge in [-0.2, -0.15) is 0 Å². The number of hydrogen-bond acceptors (Lipinski definition) is 3. The molecule has 94 valence electrons. The van der Waals surface area contributed by atoms with Gasteiger partial charge in [-0.05, 0) is 32.9 Å². The van der Waals surface area contributed by atoms with Crippen LogP contribution in [0.4, 0.5) is 4.39 Å². The van der Waals surface area contributed by atoms with E-state index in [0.29, 0.717) is 12.9 Å². The van der Waals surface area contributed by atoms with Crippen LogP contribution >= 0.6 is 0 Å². The van der Waals surface area contributed by atoms with Gasteiger partial charge in [0.25, 0.3) is 0 Å². The summed E-state index contributed by atoms with van der Waals surface area (Å²) in [5.41, 5.74) is -0.0488. The number of hydrogen-bond donors (Lipinski definition) is 0. The topological polar surface area (TPSA) is 35.5 Å². The summed E-state index contributed by atoms with van der Waals surface area (Å²) in [7, 11) is 0. The minimum Gasteiger partial charge on any atom is -0.487 e. The van der Waals surface area contributed by atoms with Crippen LogP contribution in [0.5, 0.6) is 5.75 Å². The number of rotatable bonds is 5. The Balaban J connectivity index is 2.54. The van der Waals surface area contributed by atoms with Crippen LogP contribution in [0.2, 0.25) is 0 Å². The quantitative estimate of drug-likeness (QED) is 0.586. The Morgan fingerprint density at radius 1 is 1.29 bits per heavy atom. The molecule has 0 bridgehead atoms. The first-order chi connectivity index (χ1) is 7.94. The van der Waals surface area contributed by atoms with E-state index in [4.69, 9.17) is 9.47 Å². The number of para-hydroxylation sites is 1. The number of benzene rings is 1. The Bertz CT molecular complexity index is 383. The summed E-state index contributed by atoms with van der Waals surface area (Å²) in [6.07, 6.45) is 0.572. The molecule has 1 rings (SSSR count). The molecule has 0 saturated heterocycles. The van der Waals surface area contributed by atoms with E-state index in [0.717, 1.165) is 0 Å². The molecule has 0 unspecified atom stereocenters. The molecule has 0 aliphatic rings. The van der Waals surface area contributed by atoms with Crippen LogP contribution in [0.15, 0.2) is 18.2 Å². The fourth-order valence-electron chi connectivity index (χ4n) is 1.26. The molecular weight excluding hydrogens is 223 g/mol. The van der Waals surface area contributed by atoms with Crippen molar-refractivity contribution in [1.29, 1.82) is 0 Å². The average molecular weight is 240 g/mol. The SMILES string of the molecule is CC(C)(C)OCCOc1c(F)cccc1C=O. The van der Waals surface area contributed by atoms with Gasteiger partial charge in [0.05, 0.1) is 17.8 Å². The van der Waals surface area contributed by atoms with Crippen molar-refractivity contribution < 1.29 is 18.7 Å². The highest BCUT2D eigenvalue weighted by Gasteiger charge is 2.11. The molecule has 0 aromatic heterocycles. The predicted octanol–water partition coefficient (Wildman–Crippen LogP) is 2.83. The smallest absolute Gasteiger partial charge is 0.165 e. The Hall–Kier alpha value is -1.42. The normalized spacial score (nSPS) is 11.3. The minimum absolute atomic E-state index is 0.0139. The molecule has 0 atom stereocenters. The molecule has 0 saturated carbocycles. The van der Waals surface area contributed by atoms with Gasteiger partial charge in [-0.1, -0.05) is 6.07 Å². The van der Waals surface area contributed by atoms with Crippen LogP contribution < -0.4 is 4.74 Å². The molecule has 0 aliphatic heterocycles. The number of carbonyl (C=O) groups is 1. The molecule has 0 N–H and O–H groups in total. The van der Waals surface area contributed by atoms with Crippen LogP contribution in [-0.4, -0.2) is 25.1 Å². The number of halogens is 1. The standard InChI is InChI=1S/C13H17FO3/c1-13(2,3)17-8-7-16-12-10(9-15)5-4-6-11(12)14/h4-6,9H,7-8H2,1-3H3. The molecule has 1 aromatic carbocycles. The van der Waals surface area contributed by atoms with E-state index in [1.807, 2.05) is 20.8 Å². The highest BCUT2D eigenvalue weighted by molar-refractivity contribution is 5.79. The second-order valence-electron chi connectivity index (χ2n) is 4.59. The molecule has 0 fully saturated rings. The number of ether oxygens (including phenoxy) is 2. The van der Waals surface area contributed by atoms with Crippen molar-refractivity contribution in [3.05, 3.63) is 29.6 Å². The zero-order chi connectivity index (χ0) is 12.9. The van der Waals surface area contributed by atoms with Crippen molar-refractivity contribution >= 4 is 6.29 Å². The Labute approximate surface area is 101 Å². The lowest BCUT2D eigenvalue weighted by Crippen LogP contribution is -2.22. The van der Waals surface area contributed by atoms with Gasteiger partial charge in [-0.3, -0.25) is 4.79 Å². The van der Waals surface area contributed by atoms with Crippen molar-refractivity contribution in [2.75, 3.05) is 13.2 Å². The summed E-state index contributed by atoms with van der Waals surface area (Å²) in [4.78, 5) is 10.7. The van der Waals surface area contributed by atoms with E-state index in [9.17, 15) is 9.18 Å². The predicted molar refractivity (Wildman–Crippen MR) is 63.0 cm³/mol. The highest BCUT2D eigenvalue weighted by Crippen LogP contribution is 2.21. The van der Waals surface area contributed by atoms with Gasteiger partial charge in [-0.15, -0.1) is 0 Å². The highest BCUT2D eigenvalue weighted by atomic mass is 19.1. The molecule has 3 nitrogen and oxygen atoms in total. The van der Waals surface area contributed by atoms with Crippen molar-refractivity contribution in [3.8, 4) is 5.75 Å². The van der Waals surface area contributed by atoms with Crippen LogP contribution in [0.3, 0.4) is 0 Å². The molecule has 4 heteroatoms. The van der Waals surface area contributed by atoms with Gasteiger partial charge >= 0.3 is 0 Å². The average Bonchev–Trinajstić information content (AvgIpc) is 2.24. The van der Waals surface area contributed by atoms with Gasteiger partial charge in [-0.25, -0.2) is 4.39 Å². The molecule has 0 heterocycles. The van der Waals surface area contributed by atoms with E-state index in [1.165, 1.54) is 18.2 Å². The van der Waals surface area contributed by atoms with Crippen LogP contribution in [-0.2, 0) is 4.74 Å². The van der Waals surface area contributed by atoms with E-state index in [1.54, 1.807) is 0 Å². The van der Waals surface area contributed by atoms with Gasteiger partial charge in [0.2, 0.25) is 0 Å². The molecule has 1 aromatic rings. The lowest BCUT2D eigenvalue weighted by atomic mass is 10.2. The van der Waals surface area contributed by atoms with E-state index in [2.05, 4.69) is 0 Å². The number of carbonyl (C=O) groups excluding carboxylic acids is 1. The third-order valence-corrected chi connectivity index (χ3v) is 1.99. The first-order valence-corrected chi connectivity index (χ1v) is 5.44. The fourth-order valence-corrected chi connectivity index (χ4v) is 1.26. The van der Waals surface area contributed by atoms with Crippen molar-refractivity contribution in [1.82, 2.24) is 0 Å². The van der Waals surface area contributed by atoms with Crippen molar-refractivity contribution in [2.24, 2.45) is 0 Å². The molecule has 0 amide bonds. The van der Waals surface area contributed by atoms with Gasteiger partial charge in [0, 0.05) is 0 Å². The molecule has 0 aliphatic carbocycles. The van der Waals surface area contributed by atoms with E-state index >= 15 is 0 Å². The zero-order valence-corrected chi connectivity index (χ0v) is 10.3. The second kappa shape index (κ2) is 5.77. The van der Waals surface area contributed by atoms with E-state index < -0.39 is 5.82 Å². The first-order valence-electron chi connectivity index (χ1n) is 5.44. The molecule has 17 heavy (non-hydrogen) atoms. The zero-order valence-electron chi connectivity index (χ0n) is 10.3. The second-order valence-corrected chi connectivity index (χ2v) is 4.59. The molecule has 0 radical (unpaired) electrons. The third-order valence-electron chi connectivity index (χ3n) is 1.99. The summed E-state index contributed by atoms with van der Waals surface area (Å²) in [6, 6.07) is 4.24. The summed E-state index contributed by atoms with van der Waals surface area (Å²) >= 11 is 0. The van der Waals surface area contributed by atoms with Crippen molar-refractivity contribution in [2.45, 2.75) is 26.4 Å². The minimum atomic E-state index is -0.537. The van der Waals surface area contributed by atoms with Gasteiger partial charge in [0.15, 0.2) is 17.9 Å².